The van der Waals surface area contributed by atoms with E-state index in [1.54, 1.807) is 12.0 Å². The Kier molecular flexibility index (Phi) is 9.56. The molecule has 4 fully saturated rings. The molecule has 2 amide bonds. The second-order valence-corrected chi connectivity index (χ2v) is 14.2. The molecule has 11 nitrogen and oxygen atoms in total. The predicted molar refractivity (Wildman–Crippen MR) is 184 cm³/mol. The lowest BCUT2D eigenvalue weighted by Crippen LogP contribution is -2.56. The molecule has 254 valence electrons. The van der Waals surface area contributed by atoms with Gasteiger partial charge in [0.25, 0.3) is 5.91 Å². The molecule has 2 N–H and O–H groups in total. The van der Waals surface area contributed by atoms with Crippen LogP contribution in [-0.2, 0) is 9.53 Å². The molecule has 7 rings (SSSR count). The van der Waals surface area contributed by atoms with Crippen molar-refractivity contribution < 1.29 is 19.1 Å². The van der Waals surface area contributed by atoms with Crippen molar-refractivity contribution >= 4 is 34.8 Å². The summed E-state index contributed by atoms with van der Waals surface area (Å²) in [6.45, 7) is 9.36. The number of rotatable bonds is 9. The quantitative estimate of drug-likeness (QED) is 0.415. The Balaban J connectivity index is 0.994. The highest BCUT2D eigenvalue weighted by molar-refractivity contribution is 6.04. The molecule has 3 aliphatic heterocycles. The van der Waals surface area contributed by atoms with Crippen LogP contribution in [0.15, 0.2) is 30.3 Å². The molecular formula is C36H51N7O4. The Labute approximate surface area is 278 Å². The number of benzene rings is 1. The number of hydrogen-bond acceptors (Lipinski definition) is 9. The lowest BCUT2D eigenvalue weighted by Gasteiger charge is -2.44. The maximum atomic E-state index is 13.5. The number of hydrogen-bond donors (Lipinski definition) is 2. The van der Waals surface area contributed by atoms with E-state index in [0.717, 1.165) is 55.9 Å². The SMILES string of the molecule is COc1ccc(C(=O)NC2CCC(N3CCN(CC4CC4)CC3)CC2)cc1Nc1ccc2c(n1)N(C1CCOCC1)[C@H](C)C(=O)N2C. The fraction of sp³-hybridized carbons (Fsp3) is 0.639. The van der Waals surface area contributed by atoms with Crippen molar-refractivity contribution in [2.75, 3.05) is 75.2 Å². The average molecular weight is 646 g/mol. The standard InChI is InChI=1S/C36H51N7O4/c1-24-36(45)40(2)31-11-13-33(39-34(31)43(24)29-14-20-47-21-15-29)38-30-22-26(6-12-32(30)46-3)35(44)37-27-7-9-28(10-8-27)42-18-16-41(17-19-42)23-25-4-5-25/h6,11-13,22,24-25,27-29H,4-5,7-10,14-21,23H2,1-3H3,(H,37,44)(H,38,39)/t24-,27?,28?/m1/s1. The van der Waals surface area contributed by atoms with Gasteiger partial charge < -0.3 is 34.8 Å². The number of nitrogens with one attached hydrogen (secondary N) is 2. The topological polar surface area (TPSA) is 103 Å². The van der Waals surface area contributed by atoms with Crippen molar-refractivity contribution in [3.05, 3.63) is 35.9 Å². The fourth-order valence-corrected chi connectivity index (χ4v) is 8.03. The van der Waals surface area contributed by atoms with E-state index in [0.29, 0.717) is 42.1 Å². The average Bonchev–Trinajstić information content (AvgIpc) is 3.92. The molecule has 1 atom stereocenters. The van der Waals surface area contributed by atoms with Crippen LogP contribution in [0.4, 0.5) is 23.0 Å². The molecule has 2 aromatic rings. The van der Waals surface area contributed by atoms with Gasteiger partial charge in [0, 0.05) is 76.7 Å². The van der Waals surface area contributed by atoms with Crippen LogP contribution in [0.1, 0.15) is 68.6 Å². The van der Waals surface area contributed by atoms with Crippen molar-refractivity contribution in [2.45, 2.75) is 82.5 Å². The molecule has 11 heteroatoms. The van der Waals surface area contributed by atoms with Crippen molar-refractivity contribution in [3.8, 4) is 5.75 Å². The summed E-state index contributed by atoms with van der Waals surface area (Å²) in [4.78, 5) is 40.8. The molecule has 2 saturated heterocycles. The largest absolute Gasteiger partial charge is 0.495 e. The summed E-state index contributed by atoms with van der Waals surface area (Å²) < 4.78 is 11.3. The monoisotopic (exact) mass is 645 g/mol. The fourth-order valence-electron chi connectivity index (χ4n) is 8.03. The minimum atomic E-state index is -0.322. The van der Waals surface area contributed by atoms with Gasteiger partial charge in [-0.3, -0.25) is 14.5 Å². The maximum absolute atomic E-state index is 13.5. The highest BCUT2D eigenvalue weighted by atomic mass is 16.5. The summed E-state index contributed by atoms with van der Waals surface area (Å²) in [6, 6.07) is 9.99. The summed E-state index contributed by atoms with van der Waals surface area (Å²) in [7, 11) is 3.43. The number of piperazine rings is 1. The number of amides is 2. The third-order valence-electron chi connectivity index (χ3n) is 11.0. The maximum Gasteiger partial charge on any atom is 0.251 e. The minimum Gasteiger partial charge on any atom is -0.495 e. The van der Waals surface area contributed by atoms with E-state index in [1.165, 1.54) is 45.6 Å². The van der Waals surface area contributed by atoms with E-state index in [-0.39, 0.29) is 29.9 Å². The van der Waals surface area contributed by atoms with Gasteiger partial charge in [0.05, 0.1) is 18.5 Å². The molecule has 0 spiro atoms. The van der Waals surface area contributed by atoms with Gasteiger partial charge in [-0.1, -0.05) is 0 Å². The second-order valence-electron chi connectivity index (χ2n) is 14.2. The van der Waals surface area contributed by atoms with E-state index < -0.39 is 0 Å². The van der Waals surface area contributed by atoms with Crippen LogP contribution >= 0.6 is 0 Å². The Morgan fingerprint density at radius 3 is 2.40 bits per heavy atom. The van der Waals surface area contributed by atoms with E-state index in [9.17, 15) is 9.59 Å². The zero-order valence-corrected chi connectivity index (χ0v) is 28.2. The lowest BCUT2D eigenvalue weighted by atomic mass is 9.89. The van der Waals surface area contributed by atoms with Gasteiger partial charge in [-0.05, 0) is 94.5 Å². The zero-order valence-electron chi connectivity index (χ0n) is 28.2. The number of methoxy groups -OCH3 is 1. The number of ether oxygens (including phenoxy) is 2. The number of pyridine rings is 1. The van der Waals surface area contributed by atoms with Gasteiger partial charge in [0.2, 0.25) is 5.91 Å². The first kappa shape index (κ1) is 32.2. The molecule has 1 aromatic heterocycles. The van der Waals surface area contributed by atoms with Crippen molar-refractivity contribution in [2.24, 2.45) is 5.92 Å². The normalized spacial score (nSPS) is 26.2. The first-order chi connectivity index (χ1) is 22.9. The zero-order chi connectivity index (χ0) is 32.5. The Morgan fingerprint density at radius 2 is 1.70 bits per heavy atom. The van der Waals surface area contributed by atoms with Gasteiger partial charge in [-0.25, -0.2) is 4.98 Å². The van der Waals surface area contributed by atoms with Crippen molar-refractivity contribution in [1.82, 2.24) is 20.1 Å². The molecule has 2 aliphatic carbocycles. The Hall–Kier alpha value is -3.41. The van der Waals surface area contributed by atoms with Crippen LogP contribution in [0, 0.1) is 5.92 Å². The molecule has 2 saturated carbocycles. The van der Waals surface area contributed by atoms with E-state index in [2.05, 4.69) is 25.3 Å². The summed E-state index contributed by atoms with van der Waals surface area (Å²) in [5, 5.41) is 6.73. The minimum absolute atomic E-state index is 0.0577. The summed E-state index contributed by atoms with van der Waals surface area (Å²) >= 11 is 0. The third kappa shape index (κ3) is 7.07. The second kappa shape index (κ2) is 14.0. The Bertz CT molecular complexity index is 1430. The van der Waals surface area contributed by atoms with E-state index in [1.807, 2.05) is 44.3 Å². The number of likely N-dealkylation sites (N-methyl/N-ethyl adjacent to an activating group) is 1. The van der Waals surface area contributed by atoms with Crippen LogP contribution in [0.5, 0.6) is 5.75 Å². The molecule has 0 unspecified atom stereocenters. The number of carbonyl (C=O) groups is 2. The number of anilines is 4. The highest BCUT2D eigenvalue weighted by Gasteiger charge is 2.39. The van der Waals surface area contributed by atoms with Crippen LogP contribution in [0.25, 0.3) is 0 Å². The number of fused-ring (bicyclic) bond motifs is 1. The van der Waals surface area contributed by atoms with Gasteiger partial charge >= 0.3 is 0 Å². The van der Waals surface area contributed by atoms with Gasteiger partial charge in [0.15, 0.2) is 5.82 Å². The number of aromatic nitrogens is 1. The predicted octanol–water partition coefficient (Wildman–Crippen LogP) is 4.25. The summed E-state index contributed by atoms with van der Waals surface area (Å²) in [5.74, 6) is 2.98. The lowest BCUT2D eigenvalue weighted by molar-refractivity contribution is -0.119. The van der Waals surface area contributed by atoms with Crippen molar-refractivity contribution in [1.29, 1.82) is 0 Å². The van der Waals surface area contributed by atoms with Crippen molar-refractivity contribution in [3.63, 3.8) is 0 Å². The highest BCUT2D eigenvalue weighted by Crippen LogP contribution is 2.39. The molecule has 1 aromatic carbocycles. The van der Waals surface area contributed by atoms with Crippen LogP contribution in [-0.4, -0.2) is 111 Å². The van der Waals surface area contributed by atoms with E-state index >= 15 is 0 Å². The molecule has 0 radical (unpaired) electrons. The molecular weight excluding hydrogens is 594 g/mol. The van der Waals surface area contributed by atoms with Gasteiger partial charge in [-0.2, -0.15) is 0 Å². The summed E-state index contributed by atoms with van der Waals surface area (Å²) in [6.07, 6.45) is 8.85. The third-order valence-corrected chi connectivity index (χ3v) is 11.0. The van der Waals surface area contributed by atoms with Crippen LogP contribution in [0.3, 0.4) is 0 Å². The molecule has 0 bridgehead atoms. The molecule has 4 heterocycles. The molecule has 47 heavy (non-hydrogen) atoms. The van der Waals surface area contributed by atoms with Gasteiger partial charge in [0.1, 0.15) is 17.6 Å². The van der Waals surface area contributed by atoms with Crippen LogP contribution < -0.4 is 25.2 Å². The smallest absolute Gasteiger partial charge is 0.251 e. The number of carbonyl (C=O) groups excluding carboxylic acids is 2. The Morgan fingerprint density at radius 1 is 0.957 bits per heavy atom. The molecule has 5 aliphatic rings. The number of nitrogens with zero attached hydrogens (tertiary/aromatic N) is 5. The van der Waals surface area contributed by atoms with E-state index in [4.69, 9.17) is 14.5 Å². The van der Waals surface area contributed by atoms with Crippen LogP contribution in [0.2, 0.25) is 0 Å². The first-order valence-electron chi connectivity index (χ1n) is 17.7. The summed E-state index contributed by atoms with van der Waals surface area (Å²) in [5.41, 5.74) is 2.04. The first-order valence-corrected chi connectivity index (χ1v) is 17.7. The van der Waals surface area contributed by atoms with Gasteiger partial charge in [-0.15, -0.1) is 0 Å².